The number of carbonyl (C=O) groups is 2. The normalized spacial score (nSPS) is 12.2. The first-order valence-corrected chi connectivity index (χ1v) is 8.53. The van der Waals surface area contributed by atoms with E-state index in [9.17, 15) is 30.0 Å². The second-order valence-electron chi connectivity index (χ2n) is 5.88. The van der Waals surface area contributed by atoms with E-state index in [0.717, 1.165) is 12.2 Å². The van der Waals surface area contributed by atoms with E-state index in [4.69, 9.17) is 9.47 Å². The molecule has 2 aromatic carbocycles. The van der Waals surface area contributed by atoms with Gasteiger partial charge in [-0.3, -0.25) is 0 Å². The molecule has 0 aromatic heterocycles. The molecule has 0 amide bonds. The maximum Gasteiger partial charge on any atom is 0.331 e. The SMILES string of the molecule is O=C(/C=C/c1ccc(O)c(O)c1)OCC(CO)OC(=O)/C=C/c1ccc(O)cc1. The Hall–Kier alpha value is -3.78. The van der Waals surface area contributed by atoms with Gasteiger partial charge in [-0.25, -0.2) is 9.59 Å². The summed E-state index contributed by atoms with van der Waals surface area (Å²) in [5.41, 5.74) is 1.12. The predicted molar refractivity (Wildman–Crippen MR) is 104 cm³/mol. The number of ether oxygens (including phenoxy) is 2. The highest BCUT2D eigenvalue weighted by molar-refractivity contribution is 5.88. The highest BCUT2D eigenvalue weighted by atomic mass is 16.6. The largest absolute Gasteiger partial charge is 0.508 e. The van der Waals surface area contributed by atoms with Crippen LogP contribution in [0.5, 0.6) is 17.2 Å². The number of hydrogen-bond donors (Lipinski definition) is 4. The van der Waals surface area contributed by atoms with Crippen molar-refractivity contribution in [2.24, 2.45) is 0 Å². The van der Waals surface area contributed by atoms with E-state index in [2.05, 4.69) is 0 Å². The number of carbonyl (C=O) groups excluding carboxylic acids is 2. The monoisotopic (exact) mass is 400 g/mol. The number of rotatable bonds is 8. The molecule has 0 aliphatic heterocycles. The van der Waals surface area contributed by atoms with Gasteiger partial charge in [0.05, 0.1) is 6.61 Å². The van der Waals surface area contributed by atoms with Gasteiger partial charge in [0, 0.05) is 12.2 Å². The van der Waals surface area contributed by atoms with E-state index in [1.54, 1.807) is 12.1 Å². The van der Waals surface area contributed by atoms with Gasteiger partial charge in [0.15, 0.2) is 17.6 Å². The molecule has 29 heavy (non-hydrogen) atoms. The van der Waals surface area contributed by atoms with Crippen molar-refractivity contribution in [3.05, 3.63) is 65.7 Å². The van der Waals surface area contributed by atoms with Crippen molar-refractivity contribution >= 4 is 24.1 Å². The van der Waals surface area contributed by atoms with Gasteiger partial charge in [0.2, 0.25) is 0 Å². The van der Waals surface area contributed by atoms with Crippen molar-refractivity contribution in [1.82, 2.24) is 0 Å². The van der Waals surface area contributed by atoms with E-state index in [1.165, 1.54) is 42.5 Å². The van der Waals surface area contributed by atoms with Gasteiger partial charge < -0.3 is 29.9 Å². The summed E-state index contributed by atoms with van der Waals surface area (Å²) in [6.45, 7) is -0.888. The van der Waals surface area contributed by atoms with Crippen LogP contribution in [0, 0.1) is 0 Å². The molecule has 0 aliphatic carbocycles. The summed E-state index contributed by atoms with van der Waals surface area (Å²) in [4.78, 5) is 23.5. The fourth-order valence-corrected chi connectivity index (χ4v) is 2.11. The molecule has 4 N–H and O–H groups in total. The zero-order valence-electron chi connectivity index (χ0n) is 15.3. The Balaban J connectivity index is 1.81. The second-order valence-corrected chi connectivity index (χ2v) is 5.88. The highest BCUT2D eigenvalue weighted by Gasteiger charge is 2.14. The molecule has 0 heterocycles. The molecule has 1 atom stereocenters. The third kappa shape index (κ3) is 7.39. The minimum absolute atomic E-state index is 0.100. The van der Waals surface area contributed by atoms with Gasteiger partial charge in [-0.15, -0.1) is 0 Å². The highest BCUT2D eigenvalue weighted by Crippen LogP contribution is 2.25. The molecule has 0 spiro atoms. The zero-order chi connectivity index (χ0) is 21.2. The predicted octanol–water partition coefficient (Wildman–Crippen LogP) is 1.98. The van der Waals surface area contributed by atoms with Gasteiger partial charge in [-0.1, -0.05) is 18.2 Å². The fourth-order valence-electron chi connectivity index (χ4n) is 2.11. The molecule has 0 saturated heterocycles. The van der Waals surface area contributed by atoms with Crippen LogP contribution >= 0.6 is 0 Å². The average molecular weight is 400 g/mol. The van der Waals surface area contributed by atoms with Crippen LogP contribution in [0.2, 0.25) is 0 Å². The van der Waals surface area contributed by atoms with Gasteiger partial charge in [0.25, 0.3) is 0 Å². The first-order chi connectivity index (χ1) is 13.9. The lowest BCUT2D eigenvalue weighted by molar-refractivity contribution is -0.154. The Labute approximate surface area is 166 Å². The molecular weight excluding hydrogens is 380 g/mol. The topological polar surface area (TPSA) is 134 Å². The maximum atomic E-state index is 11.8. The number of aliphatic hydroxyl groups excluding tert-OH is 1. The summed E-state index contributed by atoms with van der Waals surface area (Å²) < 4.78 is 9.92. The summed E-state index contributed by atoms with van der Waals surface area (Å²) in [6, 6.07) is 10.2. The molecule has 0 fully saturated rings. The molecule has 2 aromatic rings. The van der Waals surface area contributed by atoms with Crippen molar-refractivity contribution < 1.29 is 39.5 Å². The first-order valence-electron chi connectivity index (χ1n) is 8.53. The Morgan fingerprint density at radius 3 is 2.14 bits per heavy atom. The molecule has 0 saturated carbocycles. The van der Waals surface area contributed by atoms with E-state index >= 15 is 0 Å². The third-order valence-corrected chi connectivity index (χ3v) is 3.61. The van der Waals surface area contributed by atoms with Crippen molar-refractivity contribution in [2.45, 2.75) is 6.10 Å². The maximum absolute atomic E-state index is 11.8. The molecule has 0 radical (unpaired) electrons. The molecule has 8 heteroatoms. The lowest BCUT2D eigenvalue weighted by Crippen LogP contribution is -2.27. The standard InChI is InChI=1S/C21H20O8/c22-12-17(29-21(27)10-4-14-1-6-16(23)7-2-14)13-28-20(26)9-5-15-3-8-18(24)19(25)11-15/h1-11,17,22-25H,12-13H2/b9-5+,10-4+. The van der Waals surface area contributed by atoms with Crippen LogP contribution in [0.3, 0.4) is 0 Å². The lowest BCUT2D eigenvalue weighted by Gasteiger charge is -2.13. The minimum atomic E-state index is -1.04. The summed E-state index contributed by atoms with van der Waals surface area (Å²) in [5, 5.41) is 37.1. The summed E-state index contributed by atoms with van der Waals surface area (Å²) in [6.07, 6.45) is 4.03. The second kappa shape index (κ2) is 10.5. The molecular formula is C21H20O8. The van der Waals surface area contributed by atoms with Crippen LogP contribution in [0.15, 0.2) is 54.6 Å². The average Bonchev–Trinajstić information content (AvgIpc) is 2.71. The Morgan fingerprint density at radius 2 is 1.48 bits per heavy atom. The van der Waals surface area contributed by atoms with E-state index in [1.807, 2.05) is 0 Å². The number of phenols is 3. The molecule has 152 valence electrons. The van der Waals surface area contributed by atoms with E-state index in [0.29, 0.717) is 11.1 Å². The van der Waals surface area contributed by atoms with Gasteiger partial charge in [-0.2, -0.15) is 0 Å². The van der Waals surface area contributed by atoms with Crippen LogP contribution in [0.4, 0.5) is 0 Å². The number of hydrogen-bond acceptors (Lipinski definition) is 8. The van der Waals surface area contributed by atoms with Crippen molar-refractivity contribution in [2.75, 3.05) is 13.2 Å². The van der Waals surface area contributed by atoms with E-state index < -0.39 is 24.6 Å². The molecule has 0 bridgehead atoms. The van der Waals surface area contributed by atoms with Crippen LogP contribution in [0.1, 0.15) is 11.1 Å². The Kier molecular flexibility index (Phi) is 7.81. The summed E-state index contributed by atoms with van der Waals surface area (Å²) in [7, 11) is 0. The smallest absolute Gasteiger partial charge is 0.331 e. The summed E-state index contributed by atoms with van der Waals surface area (Å²) in [5.74, 6) is -1.98. The minimum Gasteiger partial charge on any atom is -0.508 e. The van der Waals surface area contributed by atoms with Crippen molar-refractivity contribution in [3.63, 3.8) is 0 Å². The Bertz CT molecular complexity index is 899. The first kappa shape index (κ1) is 21.5. The van der Waals surface area contributed by atoms with Crippen molar-refractivity contribution in [3.8, 4) is 17.2 Å². The van der Waals surface area contributed by atoms with E-state index in [-0.39, 0.29) is 23.9 Å². The Morgan fingerprint density at radius 1 is 0.862 bits per heavy atom. The van der Waals surface area contributed by atoms with Crippen LogP contribution < -0.4 is 0 Å². The van der Waals surface area contributed by atoms with Crippen LogP contribution in [-0.4, -0.2) is 51.7 Å². The molecule has 8 nitrogen and oxygen atoms in total. The molecule has 0 aliphatic rings. The quantitative estimate of drug-likeness (QED) is 0.300. The number of aliphatic hydroxyl groups is 1. The van der Waals surface area contributed by atoms with Crippen molar-refractivity contribution in [1.29, 1.82) is 0 Å². The number of esters is 2. The van der Waals surface area contributed by atoms with Gasteiger partial charge in [-0.05, 0) is 47.5 Å². The zero-order valence-corrected chi connectivity index (χ0v) is 15.3. The van der Waals surface area contributed by atoms with Crippen LogP contribution in [-0.2, 0) is 19.1 Å². The number of benzene rings is 2. The summed E-state index contributed by atoms with van der Waals surface area (Å²) >= 11 is 0. The molecule has 1 unspecified atom stereocenters. The van der Waals surface area contributed by atoms with Gasteiger partial charge >= 0.3 is 11.9 Å². The lowest BCUT2D eigenvalue weighted by atomic mass is 10.2. The van der Waals surface area contributed by atoms with Gasteiger partial charge in [0.1, 0.15) is 12.4 Å². The van der Waals surface area contributed by atoms with Crippen LogP contribution in [0.25, 0.3) is 12.2 Å². The molecule has 2 rings (SSSR count). The third-order valence-electron chi connectivity index (χ3n) is 3.61. The fraction of sp³-hybridized carbons (Fsp3) is 0.143. The number of phenolic OH excluding ortho intramolecular Hbond substituents is 3. The number of aromatic hydroxyl groups is 3.